The van der Waals surface area contributed by atoms with Gasteiger partial charge in [-0.25, -0.2) is 0 Å². The van der Waals surface area contributed by atoms with Crippen molar-refractivity contribution in [2.45, 2.75) is 57.7 Å². The van der Waals surface area contributed by atoms with E-state index < -0.39 is 0 Å². The summed E-state index contributed by atoms with van der Waals surface area (Å²) in [6.45, 7) is 4.35. The third-order valence-corrected chi connectivity index (χ3v) is 2.60. The van der Waals surface area contributed by atoms with E-state index in [0.717, 1.165) is 19.3 Å². The molecule has 0 saturated heterocycles. The van der Waals surface area contributed by atoms with Gasteiger partial charge < -0.3 is 10.6 Å². The summed E-state index contributed by atoms with van der Waals surface area (Å²) >= 11 is 0. The minimum absolute atomic E-state index is 0.419. The summed E-state index contributed by atoms with van der Waals surface area (Å²) in [6, 6.07) is 1.65. The molecule has 13 heavy (non-hydrogen) atoms. The zero-order valence-electron chi connectivity index (χ0n) is 8.55. The van der Waals surface area contributed by atoms with Crippen molar-refractivity contribution in [3.63, 3.8) is 0 Å². The highest BCUT2D eigenvalue weighted by atomic mass is 16.1. The average Bonchev–Trinajstić information content (AvgIpc) is 2.08. The molecule has 2 N–H and O–H groups in total. The first-order valence-electron chi connectivity index (χ1n) is 5.18. The van der Waals surface area contributed by atoms with Gasteiger partial charge in [0.1, 0.15) is 0 Å². The molecule has 0 heterocycles. The first-order chi connectivity index (χ1) is 6.22. The van der Waals surface area contributed by atoms with Crippen molar-refractivity contribution in [1.82, 2.24) is 10.6 Å². The van der Waals surface area contributed by atoms with Crippen LogP contribution in [0, 0.1) is 0 Å². The maximum atomic E-state index is 10.2. The highest BCUT2D eigenvalue weighted by molar-refractivity contribution is 5.46. The molecule has 0 aliphatic heterocycles. The van der Waals surface area contributed by atoms with Crippen LogP contribution in [0.3, 0.4) is 0 Å². The molecule has 0 spiro atoms. The van der Waals surface area contributed by atoms with Gasteiger partial charge in [-0.15, -0.1) is 0 Å². The molecule has 1 aliphatic rings. The maximum absolute atomic E-state index is 10.2. The van der Waals surface area contributed by atoms with E-state index in [1.165, 1.54) is 12.8 Å². The summed E-state index contributed by atoms with van der Waals surface area (Å²) in [7, 11) is 0. The molecule has 3 heteroatoms. The lowest BCUT2D eigenvalue weighted by atomic mass is 9.91. The molecular formula is C10H20N2O. The van der Waals surface area contributed by atoms with Gasteiger partial charge in [-0.05, 0) is 25.7 Å². The fourth-order valence-electron chi connectivity index (χ4n) is 1.99. The molecule has 1 amide bonds. The van der Waals surface area contributed by atoms with Crippen LogP contribution >= 0.6 is 0 Å². The second kappa shape index (κ2) is 5.22. The largest absolute Gasteiger partial charge is 0.356 e. The number of nitrogens with one attached hydrogen (secondary N) is 2. The third kappa shape index (κ3) is 3.77. The van der Waals surface area contributed by atoms with Gasteiger partial charge in [0, 0.05) is 18.1 Å². The molecule has 0 bridgehead atoms. The minimum Gasteiger partial charge on any atom is -0.356 e. The fraction of sp³-hybridized carbons (Fsp3) is 0.900. The molecule has 0 aromatic rings. The first kappa shape index (κ1) is 10.5. The Morgan fingerprint density at radius 1 is 1.15 bits per heavy atom. The number of rotatable bonds is 4. The number of carbonyl (C=O) groups is 1. The summed E-state index contributed by atoms with van der Waals surface area (Å²) < 4.78 is 0. The van der Waals surface area contributed by atoms with E-state index in [4.69, 9.17) is 0 Å². The van der Waals surface area contributed by atoms with Crippen molar-refractivity contribution in [2.75, 3.05) is 0 Å². The van der Waals surface area contributed by atoms with Gasteiger partial charge in [0.25, 0.3) is 0 Å². The average molecular weight is 184 g/mol. The number of hydrogen-bond donors (Lipinski definition) is 2. The molecule has 0 aromatic carbocycles. The van der Waals surface area contributed by atoms with Crippen molar-refractivity contribution in [3.8, 4) is 0 Å². The van der Waals surface area contributed by atoms with Gasteiger partial charge in [-0.1, -0.05) is 13.8 Å². The molecule has 0 unspecified atom stereocenters. The number of carbonyl (C=O) groups excluding carboxylic acids is 1. The molecule has 3 nitrogen and oxygen atoms in total. The summed E-state index contributed by atoms with van der Waals surface area (Å²) in [4.78, 5) is 10.2. The number of amides is 1. The van der Waals surface area contributed by atoms with Gasteiger partial charge in [0.15, 0.2) is 0 Å². The van der Waals surface area contributed by atoms with Gasteiger partial charge in [-0.3, -0.25) is 4.79 Å². The Labute approximate surface area is 80.3 Å². The predicted octanol–water partition coefficient (Wildman–Crippen LogP) is 1.04. The second-order valence-electron chi connectivity index (χ2n) is 4.15. The van der Waals surface area contributed by atoms with Gasteiger partial charge in [-0.2, -0.15) is 0 Å². The summed E-state index contributed by atoms with van der Waals surface area (Å²) in [5.74, 6) is 0. The lowest BCUT2D eigenvalue weighted by Crippen LogP contribution is -2.41. The van der Waals surface area contributed by atoms with Crippen LogP contribution in [0.25, 0.3) is 0 Å². The van der Waals surface area contributed by atoms with Crippen molar-refractivity contribution in [3.05, 3.63) is 0 Å². The second-order valence-corrected chi connectivity index (χ2v) is 4.15. The molecule has 1 fully saturated rings. The Morgan fingerprint density at radius 2 is 1.69 bits per heavy atom. The zero-order valence-corrected chi connectivity index (χ0v) is 8.55. The summed E-state index contributed by atoms with van der Waals surface area (Å²) in [6.07, 6.45) is 5.42. The Morgan fingerprint density at radius 3 is 2.15 bits per heavy atom. The molecule has 0 radical (unpaired) electrons. The van der Waals surface area contributed by atoms with Crippen LogP contribution in [0.5, 0.6) is 0 Å². The van der Waals surface area contributed by atoms with Crippen LogP contribution in [0.1, 0.15) is 39.5 Å². The normalized spacial score (nSPS) is 28.8. The summed E-state index contributed by atoms with van der Waals surface area (Å²) in [5.41, 5.74) is 0. The van der Waals surface area contributed by atoms with Crippen LogP contribution in [0.4, 0.5) is 0 Å². The monoisotopic (exact) mass is 184 g/mol. The quantitative estimate of drug-likeness (QED) is 0.641. The zero-order chi connectivity index (χ0) is 9.68. The Balaban J connectivity index is 2.18. The van der Waals surface area contributed by atoms with Gasteiger partial charge in [0.2, 0.25) is 6.41 Å². The van der Waals surface area contributed by atoms with Crippen LogP contribution in [0.15, 0.2) is 0 Å². The predicted molar refractivity (Wildman–Crippen MR) is 53.5 cm³/mol. The lowest BCUT2D eigenvalue weighted by molar-refractivity contribution is -0.110. The van der Waals surface area contributed by atoms with E-state index >= 15 is 0 Å². The van der Waals surface area contributed by atoms with Crippen LogP contribution in [-0.4, -0.2) is 24.5 Å². The van der Waals surface area contributed by atoms with Gasteiger partial charge >= 0.3 is 0 Å². The van der Waals surface area contributed by atoms with E-state index in [0.29, 0.717) is 18.1 Å². The van der Waals surface area contributed by atoms with Crippen molar-refractivity contribution in [2.24, 2.45) is 0 Å². The maximum Gasteiger partial charge on any atom is 0.207 e. The molecule has 1 saturated carbocycles. The van der Waals surface area contributed by atoms with Gasteiger partial charge in [0.05, 0.1) is 0 Å². The Bertz CT molecular complexity index is 151. The van der Waals surface area contributed by atoms with Crippen LogP contribution in [0.2, 0.25) is 0 Å². The summed E-state index contributed by atoms with van der Waals surface area (Å²) in [5, 5.41) is 6.38. The highest BCUT2D eigenvalue weighted by Crippen LogP contribution is 2.18. The Kier molecular flexibility index (Phi) is 4.22. The standard InChI is InChI=1S/C10H20N2O/c1-8(2)12-10-5-3-9(4-6-10)11-7-13/h7-10,12H,3-6H2,1-2H3,(H,11,13). The van der Waals surface area contributed by atoms with E-state index in [9.17, 15) is 4.79 Å². The van der Waals surface area contributed by atoms with E-state index in [1.54, 1.807) is 0 Å². The van der Waals surface area contributed by atoms with Crippen molar-refractivity contribution >= 4 is 6.41 Å². The van der Waals surface area contributed by atoms with Crippen molar-refractivity contribution < 1.29 is 4.79 Å². The van der Waals surface area contributed by atoms with E-state index in [1.807, 2.05) is 0 Å². The highest BCUT2D eigenvalue weighted by Gasteiger charge is 2.20. The minimum atomic E-state index is 0.419. The molecule has 0 aromatic heterocycles. The third-order valence-electron chi connectivity index (χ3n) is 2.60. The number of hydrogen-bond acceptors (Lipinski definition) is 2. The van der Waals surface area contributed by atoms with Crippen LogP contribution in [-0.2, 0) is 4.79 Å². The van der Waals surface area contributed by atoms with E-state index in [-0.39, 0.29) is 0 Å². The van der Waals surface area contributed by atoms with E-state index in [2.05, 4.69) is 24.5 Å². The molecular weight excluding hydrogens is 164 g/mol. The Hall–Kier alpha value is -0.570. The molecule has 1 rings (SSSR count). The fourth-order valence-corrected chi connectivity index (χ4v) is 1.99. The lowest BCUT2D eigenvalue weighted by Gasteiger charge is -2.30. The topological polar surface area (TPSA) is 41.1 Å². The smallest absolute Gasteiger partial charge is 0.207 e. The van der Waals surface area contributed by atoms with Crippen LogP contribution < -0.4 is 10.6 Å². The SMILES string of the molecule is CC(C)NC1CCC(NC=O)CC1. The molecule has 76 valence electrons. The molecule has 1 aliphatic carbocycles. The van der Waals surface area contributed by atoms with Crippen molar-refractivity contribution in [1.29, 1.82) is 0 Å². The first-order valence-corrected chi connectivity index (χ1v) is 5.18. The molecule has 0 atom stereocenters.